The standard InChI is InChI=1S/C15H14N2OS/c1-16-10-11-2-4-12(5-3-11)18-15-13-7-9-19-14(13)6-8-17-15/h2-9,16H,10H2,1H3. The Bertz CT molecular complexity index is 676. The predicted molar refractivity (Wildman–Crippen MR) is 78.9 cm³/mol. The van der Waals surface area contributed by atoms with Crippen LogP contribution in [0.25, 0.3) is 10.1 Å². The van der Waals surface area contributed by atoms with Gasteiger partial charge in [0.15, 0.2) is 0 Å². The van der Waals surface area contributed by atoms with E-state index in [0.717, 1.165) is 17.7 Å². The molecular weight excluding hydrogens is 256 g/mol. The Morgan fingerprint density at radius 1 is 1.16 bits per heavy atom. The molecule has 3 rings (SSSR count). The Hall–Kier alpha value is -1.91. The average Bonchev–Trinajstić information content (AvgIpc) is 2.91. The minimum Gasteiger partial charge on any atom is -0.438 e. The van der Waals surface area contributed by atoms with Crippen LogP contribution in [0, 0.1) is 0 Å². The van der Waals surface area contributed by atoms with Crippen LogP contribution >= 0.6 is 11.3 Å². The van der Waals surface area contributed by atoms with Crippen LogP contribution in [-0.4, -0.2) is 12.0 Å². The lowest BCUT2D eigenvalue weighted by molar-refractivity contribution is 0.469. The minimum absolute atomic E-state index is 0.667. The molecule has 96 valence electrons. The lowest BCUT2D eigenvalue weighted by atomic mass is 10.2. The third-order valence-corrected chi connectivity index (χ3v) is 3.74. The third-order valence-electron chi connectivity index (χ3n) is 2.86. The van der Waals surface area contributed by atoms with Gasteiger partial charge in [0.05, 0.1) is 5.39 Å². The predicted octanol–water partition coefficient (Wildman–Crippen LogP) is 3.81. The van der Waals surface area contributed by atoms with E-state index in [1.54, 1.807) is 17.5 Å². The molecule has 1 aromatic carbocycles. The van der Waals surface area contributed by atoms with Gasteiger partial charge < -0.3 is 10.1 Å². The van der Waals surface area contributed by atoms with Gasteiger partial charge in [-0.15, -0.1) is 11.3 Å². The molecule has 3 aromatic rings. The maximum absolute atomic E-state index is 5.86. The van der Waals surface area contributed by atoms with E-state index in [9.17, 15) is 0 Å². The molecule has 3 nitrogen and oxygen atoms in total. The van der Waals surface area contributed by atoms with Crippen LogP contribution < -0.4 is 10.1 Å². The molecule has 2 aromatic heterocycles. The lowest BCUT2D eigenvalue weighted by Gasteiger charge is -2.06. The molecule has 0 radical (unpaired) electrons. The zero-order valence-corrected chi connectivity index (χ0v) is 11.4. The number of nitrogens with zero attached hydrogens (tertiary/aromatic N) is 1. The lowest BCUT2D eigenvalue weighted by Crippen LogP contribution is -2.04. The van der Waals surface area contributed by atoms with Gasteiger partial charge in [0, 0.05) is 17.4 Å². The molecule has 0 fully saturated rings. The van der Waals surface area contributed by atoms with Crippen LogP contribution in [0.4, 0.5) is 0 Å². The number of fused-ring (bicyclic) bond motifs is 1. The summed E-state index contributed by atoms with van der Waals surface area (Å²) < 4.78 is 7.05. The average molecular weight is 270 g/mol. The fraction of sp³-hybridized carbons (Fsp3) is 0.133. The van der Waals surface area contributed by atoms with Crippen molar-refractivity contribution >= 4 is 21.4 Å². The van der Waals surface area contributed by atoms with E-state index in [1.807, 2.05) is 31.3 Å². The van der Waals surface area contributed by atoms with E-state index >= 15 is 0 Å². The molecule has 0 aliphatic carbocycles. The molecule has 0 aliphatic rings. The van der Waals surface area contributed by atoms with Crippen LogP contribution in [0.2, 0.25) is 0 Å². The zero-order valence-electron chi connectivity index (χ0n) is 10.6. The number of aromatic nitrogens is 1. The normalized spacial score (nSPS) is 10.8. The highest BCUT2D eigenvalue weighted by Crippen LogP contribution is 2.30. The van der Waals surface area contributed by atoms with Gasteiger partial charge in [-0.05, 0) is 42.3 Å². The van der Waals surface area contributed by atoms with Crippen LogP contribution in [0.15, 0.2) is 48.0 Å². The number of pyridine rings is 1. The summed E-state index contributed by atoms with van der Waals surface area (Å²) in [5.74, 6) is 1.48. The van der Waals surface area contributed by atoms with Gasteiger partial charge in [0.2, 0.25) is 5.88 Å². The van der Waals surface area contributed by atoms with Crippen LogP contribution in [0.1, 0.15) is 5.56 Å². The number of hydrogen-bond acceptors (Lipinski definition) is 4. The molecule has 0 saturated carbocycles. The van der Waals surface area contributed by atoms with Crippen LogP contribution in [0.5, 0.6) is 11.6 Å². The zero-order chi connectivity index (χ0) is 13.1. The van der Waals surface area contributed by atoms with Gasteiger partial charge in [-0.1, -0.05) is 12.1 Å². The van der Waals surface area contributed by atoms with Crippen molar-refractivity contribution in [1.29, 1.82) is 0 Å². The number of benzene rings is 1. The minimum atomic E-state index is 0.667. The first kappa shape index (κ1) is 12.1. The van der Waals surface area contributed by atoms with Crippen molar-refractivity contribution in [3.63, 3.8) is 0 Å². The van der Waals surface area contributed by atoms with E-state index in [4.69, 9.17) is 4.74 Å². The number of thiophene rings is 1. The maximum atomic E-state index is 5.86. The van der Waals surface area contributed by atoms with Crippen molar-refractivity contribution in [1.82, 2.24) is 10.3 Å². The topological polar surface area (TPSA) is 34.1 Å². The van der Waals surface area contributed by atoms with Gasteiger partial charge >= 0.3 is 0 Å². The summed E-state index contributed by atoms with van der Waals surface area (Å²) in [6.45, 7) is 0.860. The fourth-order valence-electron chi connectivity index (χ4n) is 1.94. The molecular formula is C15H14N2OS. The van der Waals surface area contributed by atoms with Crippen LogP contribution in [-0.2, 0) is 6.54 Å². The number of nitrogens with one attached hydrogen (secondary N) is 1. The van der Waals surface area contributed by atoms with Crippen LogP contribution in [0.3, 0.4) is 0 Å². The Kier molecular flexibility index (Phi) is 3.44. The molecule has 4 heteroatoms. The Morgan fingerprint density at radius 2 is 2.00 bits per heavy atom. The highest BCUT2D eigenvalue weighted by Gasteiger charge is 2.05. The Balaban J connectivity index is 1.86. The third kappa shape index (κ3) is 2.59. The number of rotatable bonds is 4. The summed E-state index contributed by atoms with van der Waals surface area (Å²) >= 11 is 1.69. The Labute approximate surface area is 115 Å². The smallest absolute Gasteiger partial charge is 0.227 e. The van der Waals surface area contributed by atoms with Crippen molar-refractivity contribution in [3.05, 3.63) is 53.5 Å². The quantitative estimate of drug-likeness (QED) is 0.783. The SMILES string of the molecule is CNCc1ccc(Oc2nccc3sccc23)cc1. The van der Waals surface area contributed by atoms with Crippen molar-refractivity contribution < 1.29 is 4.74 Å². The van der Waals surface area contributed by atoms with Crippen molar-refractivity contribution in [2.75, 3.05) is 7.05 Å². The maximum Gasteiger partial charge on any atom is 0.227 e. The first-order chi connectivity index (χ1) is 9.36. The number of ether oxygens (including phenoxy) is 1. The molecule has 0 atom stereocenters. The second kappa shape index (κ2) is 5.38. The van der Waals surface area contributed by atoms with Crippen molar-refractivity contribution in [3.8, 4) is 11.6 Å². The van der Waals surface area contributed by atoms with E-state index in [2.05, 4.69) is 27.8 Å². The van der Waals surface area contributed by atoms with Gasteiger partial charge in [-0.3, -0.25) is 0 Å². The first-order valence-corrected chi connectivity index (χ1v) is 6.98. The van der Waals surface area contributed by atoms with Crippen molar-refractivity contribution in [2.45, 2.75) is 6.54 Å². The van der Waals surface area contributed by atoms with Gasteiger partial charge in [0.1, 0.15) is 5.75 Å². The number of hydrogen-bond donors (Lipinski definition) is 1. The van der Waals surface area contributed by atoms with E-state index in [1.165, 1.54) is 10.3 Å². The van der Waals surface area contributed by atoms with E-state index in [-0.39, 0.29) is 0 Å². The fourth-order valence-corrected chi connectivity index (χ4v) is 2.71. The van der Waals surface area contributed by atoms with Gasteiger partial charge in [0.25, 0.3) is 0 Å². The summed E-state index contributed by atoms with van der Waals surface area (Å²) in [6, 6.07) is 12.1. The van der Waals surface area contributed by atoms with Crippen molar-refractivity contribution in [2.24, 2.45) is 0 Å². The summed E-state index contributed by atoms with van der Waals surface area (Å²) in [4.78, 5) is 4.31. The largest absolute Gasteiger partial charge is 0.438 e. The highest BCUT2D eigenvalue weighted by molar-refractivity contribution is 7.17. The molecule has 1 N–H and O–H groups in total. The molecule has 19 heavy (non-hydrogen) atoms. The summed E-state index contributed by atoms with van der Waals surface area (Å²) in [6.07, 6.45) is 1.78. The molecule has 0 saturated heterocycles. The summed E-state index contributed by atoms with van der Waals surface area (Å²) in [5.41, 5.74) is 1.23. The van der Waals surface area contributed by atoms with Gasteiger partial charge in [-0.2, -0.15) is 0 Å². The monoisotopic (exact) mass is 270 g/mol. The second-order valence-electron chi connectivity index (χ2n) is 4.22. The molecule has 0 aliphatic heterocycles. The molecule has 0 amide bonds. The van der Waals surface area contributed by atoms with Gasteiger partial charge in [-0.25, -0.2) is 4.98 Å². The molecule has 0 spiro atoms. The molecule has 0 unspecified atom stereocenters. The summed E-state index contributed by atoms with van der Waals surface area (Å²) in [5, 5.41) is 6.23. The molecule has 0 bridgehead atoms. The highest BCUT2D eigenvalue weighted by atomic mass is 32.1. The molecule has 2 heterocycles. The second-order valence-corrected chi connectivity index (χ2v) is 5.17. The Morgan fingerprint density at radius 3 is 2.79 bits per heavy atom. The summed E-state index contributed by atoms with van der Waals surface area (Å²) in [7, 11) is 1.94. The van der Waals surface area contributed by atoms with E-state index < -0.39 is 0 Å². The first-order valence-electron chi connectivity index (χ1n) is 6.10. The van der Waals surface area contributed by atoms with E-state index in [0.29, 0.717) is 5.88 Å².